The summed E-state index contributed by atoms with van der Waals surface area (Å²) in [6, 6.07) is 8.44. The van der Waals surface area contributed by atoms with Gasteiger partial charge in [0.2, 0.25) is 0 Å². The van der Waals surface area contributed by atoms with Crippen LogP contribution in [0.2, 0.25) is 0 Å². The molecule has 1 fully saturated rings. The molecule has 25 heavy (non-hydrogen) atoms. The maximum Gasteiger partial charge on any atom is 0.319 e. The first-order valence-corrected chi connectivity index (χ1v) is 8.41. The summed E-state index contributed by atoms with van der Waals surface area (Å²) in [5.41, 5.74) is 2.67. The van der Waals surface area contributed by atoms with Crippen LogP contribution in [0.1, 0.15) is 35.8 Å². The summed E-state index contributed by atoms with van der Waals surface area (Å²) in [5, 5.41) is 3.15. The Labute approximate surface area is 146 Å². The highest BCUT2D eigenvalue weighted by Crippen LogP contribution is 2.29. The summed E-state index contributed by atoms with van der Waals surface area (Å²) in [6.07, 6.45) is 3.72. The largest absolute Gasteiger partial charge is 0.349 e. The van der Waals surface area contributed by atoms with Crippen LogP contribution in [0.4, 0.5) is 8.78 Å². The minimum Gasteiger partial charge on any atom is -0.349 e. The highest BCUT2D eigenvalue weighted by molar-refractivity contribution is 5.80. The number of benzene rings is 1. The molecule has 2 heterocycles. The molecule has 0 radical (unpaired) electrons. The molecule has 7 heteroatoms. The fourth-order valence-electron chi connectivity index (χ4n) is 3.40. The van der Waals surface area contributed by atoms with Crippen molar-refractivity contribution >= 4 is 5.96 Å². The number of hydrogen-bond donors (Lipinski definition) is 1. The molecule has 0 aliphatic carbocycles. The van der Waals surface area contributed by atoms with Gasteiger partial charge in [-0.2, -0.15) is 8.78 Å². The van der Waals surface area contributed by atoms with E-state index in [-0.39, 0.29) is 6.54 Å². The maximum absolute atomic E-state index is 12.9. The first kappa shape index (κ1) is 17.4. The van der Waals surface area contributed by atoms with Crippen molar-refractivity contribution in [2.75, 3.05) is 20.1 Å². The number of aromatic nitrogens is 2. The van der Waals surface area contributed by atoms with Gasteiger partial charge >= 0.3 is 6.55 Å². The molecule has 1 aliphatic heterocycles. The molecular formula is C18H23F2N5. The van der Waals surface area contributed by atoms with E-state index in [1.807, 2.05) is 0 Å². The van der Waals surface area contributed by atoms with Gasteiger partial charge in [-0.3, -0.25) is 9.56 Å². The summed E-state index contributed by atoms with van der Waals surface area (Å²) < 4.78 is 26.7. The summed E-state index contributed by atoms with van der Waals surface area (Å²) >= 11 is 0. The van der Waals surface area contributed by atoms with Crippen molar-refractivity contribution < 1.29 is 8.78 Å². The highest BCUT2D eigenvalue weighted by atomic mass is 19.3. The first-order chi connectivity index (χ1) is 12.1. The number of nitrogens with one attached hydrogen (secondary N) is 1. The molecule has 134 valence electrons. The number of aryl methyl sites for hydroxylation is 1. The lowest BCUT2D eigenvalue weighted by molar-refractivity contribution is 0.0668. The lowest BCUT2D eigenvalue weighted by atomic mass is 9.94. The fourth-order valence-corrected chi connectivity index (χ4v) is 3.40. The van der Waals surface area contributed by atoms with E-state index < -0.39 is 6.55 Å². The van der Waals surface area contributed by atoms with Crippen LogP contribution < -0.4 is 5.32 Å². The number of aliphatic imine (C=N–C) groups is 1. The van der Waals surface area contributed by atoms with Crippen molar-refractivity contribution in [1.29, 1.82) is 0 Å². The van der Waals surface area contributed by atoms with Crippen molar-refractivity contribution in [1.82, 2.24) is 19.8 Å². The Morgan fingerprint density at radius 2 is 2.20 bits per heavy atom. The monoisotopic (exact) mass is 347 g/mol. The zero-order valence-corrected chi connectivity index (χ0v) is 14.5. The number of guanidine groups is 1. The number of hydrogen-bond acceptors (Lipinski definition) is 2. The summed E-state index contributed by atoms with van der Waals surface area (Å²) in [5.74, 6) is 1.48. The van der Waals surface area contributed by atoms with Crippen molar-refractivity contribution in [2.24, 2.45) is 4.99 Å². The summed E-state index contributed by atoms with van der Waals surface area (Å²) in [6.45, 7) is 1.53. The Morgan fingerprint density at radius 3 is 2.92 bits per heavy atom. The van der Waals surface area contributed by atoms with E-state index in [2.05, 4.69) is 51.4 Å². The third-order valence-corrected chi connectivity index (χ3v) is 4.69. The van der Waals surface area contributed by atoms with Crippen molar-refractivity contribution in [2.45, 2.75) is 32.4 Å². The summed E-state index contributed by atoms with van der Waals surface area (Å²) in [4.78, 5) is 10.5. The second-order valence-corrected chi connectivity index (χ2v) is 6.22. The molecule has 5 nitrogen and oxygen atoms in total. The molecule has 1 atom stereocenters. The third kappa shape index (κ3) is 3.81. The number of likely N-dealkylation sites (tertiary alicyclic amines) is 1. The van der Waals surface area contributed by atoms with E-state index >= 15 is 0 Å². The predicted molar refractivity (Wildman–Crippen MR) is 93.8 cm³/mol. The molecular weight excluding hydrogens is 324 g/mol. The zero-order chi connectivity index (χ0) is 17.8. The van der Waals surface area contributed by atoms with Gasteiger partial charge in [0, 0.05) is 38.4 Å². The van der Waals surface area contributed by atoms with E-state index in [0.29, 0.717) is 11.7 Å². The van der Waals surface area contributed by atoms with Crippen LogP contribution in [0.25, 0.3) is 0 Å². The number of rotatable bonds is 4. The lowest BCUT2D eigenvalue weighted by Gasteiger charge is -2.22. The topological polar surface area (TPSA) is 45.5 Å². The molecule has 0 spiro atoms. The molecule has 1 unspecified atom stereocenters. The van der Waals surface area contributed by atoms with Gasteiger partial charge in [0.05, 0.1) is 6.54 Å². The average Bonchev–Trinajstić information content (AvgIpc) is 3.25. The molecule has 2 aromatic rings. The minimum atomic E-state index is -2.58. The van der Waals surface area contributed by atoms with Crippen molar-refractivity contribution in [3.8, 4) is 0 Å². The van der Waals surface area contributed by atoms with Gasteiger partial charge in [0.1, 0.15) is 5.82 Å². The van der Waals surface area contributed by atoms with E-state index in [1.165, 1.54) is 23.5 Å². The molecule has 1 aromatic carbocycles. The van der Waals surface area contributed by atoms with Crippen molar-refractivity contribution in [3.63, 3.8) is 0 Å². The Morgan fingerprint density at radius 1 is 1.40 bits per heavy atom. The van der Waals surface area contributed by atoms with Crippen LogP contribution in [0.5, 0.6) is 0 Å². The van der Waals surface area contributed by atoms with Gasteiger partial charge in [-0.1, -0.05) is 24.3 Å². The predicted octanol–water partition coefficient (Wildman–Crippen LogP) is 3.15. The fraction of sp³-hybridized carbons (Fsp3) is 0.444. The number of nitrogens with zero attached hydrogens (tertiary/aromatic N) is 4. The SMILES string of the molecule is CN=C(NCc1nccn1C(F)F)N1CCC(c2ccccc2C)C1. The molecule has 1 aromatic heterocycles. The number of halogens is 2. The minimum absolute atomic E-state index is 0.218. The Balaban J connectivity index is 1.63. The number of alkyl halides is 2. The van der Waals surface area contributed by atoms with Gasteiger partial charge < -0.3 is 10.2 Å². The Hall–Kier alpha value is -2.44. The maximum atomic E-state index is 12.9. The lowest BCUT2D eigenvalue weighted by Crippen LogP contribution is -2.40. The van der Waals surface area contributed by atoms with Gasteiger partial charge in [0.15, 0.2) is 5.96 Å². The standard InChI is InChI=1S/C18H23F2N5/c1-13-5-3-4-6-15(13)14-7-9-24(12-14)18(21-2)23-11-16-22-8-10-25(16)17(19)20/h3-6,8,10,14,17H,7,9,11-12H2,1-2H3,(H,21,23). The van der Waals surface area contributed by atoms with Gasteiger partial charge in [-0.15, -0.1) is 0 Å². The molecule has 3 rings (SSSR count). The smallest absolute Gasteiger partial charge is 0.319 e. The normalized spacial score (nSPS) is 18.2. The molecule has 1 N–H and O–H groups in total. The average molecular weight is 347 g/mol. The second kappa shape index (κ2) is 7.63. The molecule has 1 saturated heterocycles. The highest BCUT2D eigenvalue weighted by Gasteiger charge is 2.27. The van der Waals surface area contributed by atoms with Gasteiger partial charge in [-0.25, -0.2) is 4.98 Å². The Kier molecular flexibility index (Phi) is 5.31. The molecule has 0 bridgehead atoms. The van der Waals surface area contributed by atoms with Crippen LogP contribution in [-0.4, -0.2) is 40.5 Å². The Bertz CT molecular complexity index is 741. The zero-order valence-electron chi connectivity index (χ0n) is 14.5. The molecule has 0 amide bonds. The van der Waals surface area contributed by atoms with Crippen LogP contribution >= 0.6 is 0 Å². The van der Waals surface area contributed by atoms with E-state index in [1.54, 1.807) is 7.05 Å². The van der Waals surface area contributed by atoms with Crippen molar-refractivity contribution in [3.05, 3.63) is 53.6 Å². The summed E-state index contributed by atoms with van der Waals surface area (Å²) in [7, 11) is 1.71. The van der Waals surface area contributed by atoms with E-state index in [9.17, 15) is 8.78 Å². The van der Waals surface area contributed by atoms with E-state index in [4.69, 9.17) is 0 Å². The third-order valence-electron chi connectivity index (χ3n) is 4.69. The van der Waals surface area contributed by atoms with Crippen LogP contribution in [0.15, 0.2) is 41.7 Å². The first-order valence-electron chi connectivity index (χ1n) is 8.41. The molecule has 1 aliphatic rings. The van der Waals surface area contributed by atoms with Gasteiger partial charge in [0.25, 0.3) is 0 Å². The second-order valence-electron chi connectivity index (χ2n) is 6.22. The van der Waals surface area contributed by atoms with Crippen LogP contribution in [0, 0.1) is 6.92 Å². The quantitative estimate of drug-likeness (QED) is 0.683. The van der Waals surface area contributed by atoms with E-state index in [0.717, 1.165) is 30.0 Å². The van der Waals surface area contributed by atoms with Crippen LogP contribution in [-0.2, 0) is 6.54 Å². The van der Waals surface area contributed by atoms with Crippen LogP contribution in [0.3, 0.4) is 0 Å². The molecule has 0 saturated carbocycles. The van der Waals surface area contributed by atoms with Gasteiger partial charge in [-0.05, 0) is 24.5 Å². The number of imidazole rings is 1.